The minimum atomic E-state index is 0.453. The molecule has 0 saturated heterocycles. The first-order valence-electron chi connectivity index (χ1n) is 6.81. The molecule has 1 aromatic heterocycles. The molecular formula is C15H17Br2ClN2O. The Hall–Kier alpha value is -0.520. The highest BCUT2D eigenvalue weighted by Gasteiger charge is 2.14. The van der Waals surface area contributed by atoms with Gasteiger partial charge in [0.15, 0.2) is 0 Å². The fraction of sp³-hybridized carbons (Fsp3) is 0.400. The summed E-state index contributed by atoms with van der Waals surface area (Å²) in [5.41, 5.74) is 3.14. The third-order valence-electron chi connectivity index (χ3n) is 3.23. The number of ether oxygens (including phenoxy) is 1. The molecule has 0 fully saturated rings. The van der Waals surface area contributed by atoms with E-state index in [4.69, 9.17) is 16.3 Å². The molecule has 114 valence electrons. The summed E-state index contributed by atoms with van der Waals surface area (Å²) >= 11 is 13.0. The van der Waals surface area contributed by atoms with Crippen LogP contribution >= 0.6 is 43.5 Å². The maximum atomic E-state index is 5.91. The van der Waals surface area contributed by atoms with Crippen LogP contribution in [0.5, 0.6) is 5.75 Å². The van der Waals surface area contributed by atoms with E-state index in [2.05, 4.69) is 50.8 Å². The maximum Gasteiger partial charge on any atom is 0.131 e. The van der Waals surface area contributed by atoms with Crippen LogP contribution in [-0.4, -0.2) is 9.78 Å². The van der Waals surface area contributed by atoms with Gasteiger partial charge < -0.3 is 4.74 Å². The summed E-state index contributed by atoms with van der Waals surface area (Å²) in [6.07, 6.45) is 0.898. The predicted octanol–water partition coefficient (Wildman–Crippen LogP) is 5.31. The molecule has 2 rings (SSSR count). The number of alkyl halides is 1. The molecule has 0 amide bonds. The third-order valence-corrected chi connectivity index (χ3v) is 5.21. The topological polar surface area (TPSA) is 27.1 Å². The lowest BCUT2D eigenvalue weighted by atomic mass is 10.2. The van der Waals surface area contributed by atoms with E-state index in [-0.39, 0.29) is 0 Å². The van der Waals surface area contributed by atoms with Gasteiger partial charge in [-0.05, 0) is 53.0 Å². The summed E-state index contributed by atoms with van der Waals surface area (Å²) in [6, 6.07) is 5.84. The number of halogens is 3. The number of nitrogens with zero attached hydrogens (tertiary/aromatic N) is 2. The van der Waals surface area contributed by atoms with Crippen molar-refractivity contribution in [3.8, 4) is 5.75 Å². The Morgan fingerprint density at radius 2 is 2.05 bits per heavy atom. The van der Waals surface area contributed by atoms with Crippen molar-refractivity contribution in [1.82, 2.24) is 9.78 Å². The van der Waals surface area contributed by atoms with Gasteiger partial charge in [-0.25, -0.2) is 0 Å². The van der Waals surface area contributed by atoms with E-state index >= 15 is 0 Å². The molecule has 0 N–H and O–H groups in total. The molecule has 3 nitrogen and oxygen atoms in total. The van der Waals surface area contributed by atoms with Crippen LogP contribution in [0.3, 0.4) is 0 Å². The average molecular weight is 437 g/mol. The zero-order chi connectivity index (χ0) is 15.4. The number of hydrogen-bond acceptors (Lipinski definition) is 2. The van der Waals surface area contributed by atoms with E-state index in [9.17, 15) is 0 Å². The molecule has 0 unspecified atom stereocenters. The Morgan fingerprint density at radius 3 is 2.67 bits per heavy atom. The van der Waals surface area contributed by atoms with Crippen LogP contribution in [0.15, 0.2) is 27.1 Å². The molecule has 0 aliphatic carbocycles. The van der Waals surface area contributed by atoms with Crippen LogP contribution in [0.2, 0.25) is 0 Å². The zero-order valence-electron chi connectivity index (χ0n) is 12.0. The van der Waals surface area contributed by atoms with Crippen LogP contribution < -0.4 is 4.74 Å². The second kappa shape index (κ2) is 7.65. The van der Waals surface area contributed by atoms with Gasteiger partial charge in [-0.1, -0.05) is 22.9 Å². The van der Waals surface area contributed by atoms with Crippen LogP contribution in [0, 0.1) is 0 Å². The van der Waals surface area contributed by atoms with Gasteiger partial charge in [-0.15, -0.1) is 11.6 Å². The van der Waals surface area contributed by atoms with Crippen LogP contribution in [0.25, 0.3) is 0 Å². The van der Waals surface area contributed by atoms with Crippen molar-refractivity contribution in [3.05, 3.63) is 44.1 Å². The van der Waals surface area contributed by atoms with Gasteiger partial charge in [0.1, 0.15) is 12.4 Å². The van der Waals surface area contributed by atoms with Crippen molar-refractivity contribution in [2.75, 3.05) is 0 Å². The molecule has 0 aliphatic rings. The maximum absolute atomic E-state index is 5.91. The Balaban J connectivity index is 2.18. The molecule has 1 heterocycles. The Bertz CT molecular complexity index is 628. The summed E-state index contributed by atoms with van der Waals surface area (Å²) < 4.78 is 9.92. The van der Waals surface area contributed by atoms with E-state index in [1.54, 1.807) is 0 Å². The number of benzene rings is 1. The highest BCUT2D eigenvalue weighted by Crippen LogP contribution is 2.27. The average Bonchev–Trinajstić information content (AvgIpc) is 2.82. The van der Waals surface area contributed by atoms with Crippen LogP contribution in [0.4, 0.5) is 0 Å². The second-order valence-corrected chi connectivity index (χ2v) is 6.47. The van der Waals surface area contributed by atoms with Gasteiger partial charge in [-0.3, -0.25) is 4.68 Å². The summed E-state index contributed by atoms with van der Waals surface area (Å²) in [4.78, 5) is 0. The highest BCUT2D eigenvalue weighted by atomic mass is 79.9. The number of hydrogen-bond donors (Lipinski definition) is 0. The minimum Gasteiger partial charge on any atom is -0.487 e. The fourth-order valence-electron chi connectivity index (χ4n) is 2.05. The zero-order valence-corrected chi connectivity index (χ0v) is 15.9. The Morgan fingerprint density at radius 1 is 1.29 bits per heavy atom. The van der Waals surface area contributed by atoms with Crippen LogP contribution in [0.1, 0.15) is 30.8 Å². The van der Waals surface area contributed by atoms with Crippen molar-refractivity contribution >= 4 is 43.5 Å². The molecule has 0 bridgehead atoms. The van der Waals surface area contributed by atoms with E-state index in [0.29, 0.717) is 12.5 Å². The molecule has 1 aromatic carbocycles. The van der Waals surface area contributed by atoms with E-state index in [0.717, 1.165) is 44.6 Å². The molecule has 0 atom stereocenters. The lowest BCUT2D eigenvalue weighted by Crippen LogP contribution is -2.06. The SMILES string of the molecule is CCc1nn(CC)c(COc2ccc(Br)c(CCl)c2)c1Br. The van der Waals surface area contributed by atoms with Gasteiger partial charge >= 0.3 is 0 Å². The van der Waals surface area contributed by atoms with Crippen molar-refractivity contribution in [2.24, 2.45) is 0 Å². The molecule has 0 saturated carbocycles. The van der Waals surface area contributed by atoms with Gasteiger partial charge in [0.25, 0.3) is 0 Å². The highest BCUT2D eigenvalue weighted by molar-refractivity contribution is 9.10. The first kappa shape index (κ1) is 16.8. The van der Waals surface area contributed by atoms with Gasteiger partial charge in [0.2, 0.25) is 0 Å². The normalized spacial score (nSPS) is 10.9. The predicted molar refractivity (Wildman–Crippen MR) is 93.0 cm³/mol. The number of aromatic nitrogens is 2. The monoisotopic (exact) mass is 434 g/mol. The van der Waals surface area contributed by atoms with Crippen molar-refractivity contribution in [2.45, 2.75) is 39.3 Å². The first-order valence-corrected chi connectivity index (χ1v) is 8.93. The number of aryl methyl sites for hydroxylation is 2. The fourth-order valence-corrected chi connectivity index (χ4v) is 3.50. The summed E-state index contributed by atoms with van der Waals surface area (Å²) in [7, 11) is 0. The van der Waals surface area contributed by atoms with Gasteiger partial charge in [0.05, 0.1) is 15.9 Å². The summed E-state index contributed by atoms with van der Waals surface area (Å²) in [5.74, 6) is 1.26. The van der Waals surface area contributed by atoms with Crippen molar-refractivity contribution in [1.29, 1.82) is 0 Å². The van der Waals surface area contributed by atoms with Crippen molar-refractivity contribution in [3.63, 3.8) is 0 Å². The standard InChI is InChI=1S/C15H17Br2ClN2O/c1-3-13-15(17)14(20(4-2)19-13)9-21-11-5-6-12(16)10(7-11)8-18/h5-7H,3-4,8-9H2,1-2H3. The molecule has 0 radical (unpaired) electrons. The second-order valence-electron chi connectivity index (χ2n) is 4.55. The lowest BCUT2D eigenvalue weighted by molar-refractivity contribution is 0.291. The quantitative estimate of drug-likeness (QED) is 0.574. The first-order chi connectivity index (χ1) is 10.1. The van der Waals surface area contributed by atoms with E-state index in [1.807, 2.05) is 22.9 Å². The van der Waals surface area contributed by atoms with Gasteiger partial charge in [-0.2, -0.15) is 5.10 Å². The molecular weight excluding hydrogens is 419 g/mol. The summed E-state index contributed by atoms with van der Waals surface area (Å²) in [6.45, 7) is 5.47. The lowest BCUT2D eigenvalue weighted by Gasteiger charge is -2.10. The number of rotatable bonds is 6. The van der Waals surface area contributed by atoms with Gasteiger partial charge in [0, 0.05) is 16.9 Å². The molecule has 0 aliphatic heterocycles. The molecule has 2 aromatic rings. The molecule has 0 spiro atoms. The van der Waals surface area contributed by atoms with Crippen LogP contribution in [-0.2, 0) is 25.5 Å². The third kappa shape index (κ3) is 3.82. The molecule has 21 heavy (non-hydrogen) atoms. The Kier molecular flexibility index (Phi) is 6.14. The van der Waals surface area contributed by atoms with E-state index < -0.39 is 0 Å². The minimum absolute atomic E-state index is 0.453. The van der Waals surface area contributed by atoms with Crippen molar-refractivity contribution < 1.29 is 4.74 Å². The smallest absolute Gasteiger partial charge is 0.131 e. The largest absolute Gasteiger partial charge is 0.487 e. The molecule has 6 heteroatoms. The van der Waals surface area contributed by atoms with E-state index in [1.165, 1.54) is 0 Å². The summed E-state index contributed by atoms with van der Waals surface area (Å²) in [5, 5.41) is 4.57. The Labute approximate surface area is 146 Å².